The molecule has 0 radical (unpaired) electrons. The zero-order chi connectivity index (χ0) is 23.2. The van der Waals surface area contributed by atoms with Crippen LogP contribution in [0, 0.1) is 10.6 Å². The van der Waals surface area contributed by atoms with Crippen molar-refractivity contribution in [2.24, 2.45) is 0 Å². The molecule has 1 aliphatic heterocycles. The van der Waals surface area contributed by atoms with Crippen LogP contribution in [-0.4, -0.2) is 65.5 Å². The van der Waals surface area contributed by atoms with Crippen LogP contribution in [0.1, 0.15) is 11.6 Å². The molecule has 2 heterocycles. The number of amides is 1. The lowest BCUT2D eigenvalue weighted by Crippen LogP contribution is -2.44. The Morgan fingerprint density at radius 2 is 1.91 bits per heavy atom. The Hall–Kier alpha value is -3.08. The Morgan fingerprint density at radius 3 is 2.58 bits per heavy atom. The summed E-state index contributed by atoms with van der Waals surface area (Å²) in [6, 6.07) is 13.7. The van der Waals surface area contributed by atoms with Gasteiger partial charge >= 0.3 is 0 Å². The van der Waals surface area contributed by atoms with Gasteiger partial charge in [0, 0.05) is 25.2 Å². The first-order valence-corrected chi connectivity index (χ1v) is 11.1. The molecule has 4 rings (SSSR count). The number of carbonyl (C=O) groups is 1. The molecule has 1 fully saturated rings. The van der Waals surface area contributed by atoms with Crippen LogP contribution in [0.5, 0.6) is 5.75 Å². The van der Waals surface area contributed by atoms with E-state index in [1.807, 2.05) is 24.3 Å². The first-order chi connectivity index (χ1) is 16.0. The number of hydrogen-bond acceptors (Lipinski definition) is 6. The number of carbonyl (C=O) groups excluding carboxylic acids is 1. The minimum atomic E-state index is -0.288. The number of methoxy groups -OCH3 is 1. The molecular weight excluding hydrogens is 445 g/mol. The quantitative estimate of drug-likeness (QED) is 0.492. The van der Waals surface area contributed by atoms with Gasteiger partial charge in [0.05, 0.1) is 26.4 Å². The molecule has 1 unspecified atom stereocenters. The van der Waals surface area contributed by atoms with Crippen molar-refractivity contribution < 1.29 is 18.7 Å². The fourth-order valence-corrected chi connectivity index (χ4v) is 4.06. The molecule has 1 aliphatic rings. The van der Waals surface area contributed by atoms with E-state index in [0.29, 0.717) is 30.4 Å². The van der Waals surface area contributed by atoms with Gasteiger partial charge in [-0.25, -0.2) is 4.39 Å². The Labute approximate surface area is 196 Å². The average Bonchev–Trinajstić information content (AvgIpc) is 3.21. The van der Waals surface area contributed by atoms with E-state index in [-0.39, 0.29) is 24.3 Å². The Bertz CT molecular complexity index is 1120. The van der Waals surface area contributed by atoms with E-state index in [1.54, 1.807) is 23.8 Å². The van der Waals surface area contributed by atoms with E-state index in [9.17, 15) is 9.18 Å². The summed E-state index contributed by atoms with van der Waals surface area (Å²) in [5.74, 6) is 0.819. The monoisotopic (exact) mass is 471 g/mol. The molecule has 8 nitrogen and oxygen atoms in total. The number of hydrogen-bond donors (Lipinski definition) is 2. The zero-order valence-electron chi connectivity index (χ0n) is 18.3. The molecule has 2 N–H and O–H groups in total. The Morgan fingerprint density at radius 1 is 1.21 bits per heavy atom. The maximum Gasteiger partial charge on any atom is 0.240 e. The highest BCUT2D eigenvalue weighted by Crippen LogP contribution is 2.23. The summed E-state index contributed by atoms with van der Waals surface area (Å²) in [6.45, 7) is 3.14. The number of morpholine rings is 1. The number of halogens is 1. The number of H-pyrrole nitrogens is 1. The summed E-state index contributed by atoms with van der Waals surface area (Å²) in [4.78, 5) is 15.1. The van der Waals surface area contributed by atoms with Gasteiger partial charge in [-0.05, 0) is 54.2 Å². The number of aromatic nitrogens is 3. The molecule has 0 saturated carbocycles. The first-order valence-electron chi connectivity index (χ1n) is 10.7. The van der Waals surface area contributed by atoms with Crippen molar-refractivity contribution in [1.82, 2.24) is 25.0 Å². The predicted molar refractivity (Wildman–Crippen MR) is 124 cm³/mol. The molecule has 2 aromatic carbocycles. The molecule has 0 aliphatic carbocycles. The average molecular weight is 472 g/mol. The maximum atomic E-state index is 13.4. The smallest absolute Gasteiger partial charge is 0.240 e. The number of ether oxygens (including phenoxy) is 2. The summed E-state index contributed by atoms with van der Waals surface area (Å²) >= 11 is 5.35. The minimum Gasteiger partial charge on any atom is -0.497 e. The lowest BCUT2D eigenvalue weighted by Gasteiger charge is -2.35. The van der Waals surface area contributed by atoms with Crippen LogP contribution >= 0.6 is 12.2 Å². The molecule has 33 heavy (non-hydrogen) atoms. The van der Waals surface area contributed by atoms with Gasteiger partial charge < -0.3 is 14.8 Å². The van der Waals surface area contributed by atoms with Crippen LogP contribution in [0.25, 0.3) is 11.4 Å². The standard InChI is InChI=1S/C23H26FN5O3S/c1-31-19-8-4-17(5-9-19)22-26-27-23(33)29(22)15-21(30)25-14-20(28-10-12-32-13-11-28)16-2-6-18(24)7-3-16/h2-9,20H,10-15H2,1H3,(H,25,30)(H,27,33). The van der Waals surface area contributed by atoms with Crippen molar-refractivity contribution in [3.8, 4) is 17.1 Å². The van der Waals surface area contributed by atoms with E-state index >= 15 is 0 Å². The van der Waals surface area contributed by atoms with Crippen molar-refractivity contribution in [3.63, 3.8) is 0 Å². The van der Waals surface area contributed by atoms with Crippen LogP contribution in [0.2, 0.25) is 0 Å². The fourth-order valence-electron chi connectivity index (χ4n) is 3.87. The van der Waals surface area contributed by atoms with Gasteiger partial charge in [-0.1, -0.05) is 12.1 Å². The van der Waals surface area contributed by atoms with Crippen LogP contribution < -0.4 is 10.1 Å². The summed E-state index contributed by atoms with van der Waals surface area (Å²) < 4.78 is 26.1. The second kappa shape index (κ2) is 10.7. The van der Waals surface area contributed by atoms with E-state index < -0.39 is 0 Å². The third kappa shape index (κ3) is 5.65. The largest absolute Gasteiger partial charge is 0.497 e. The second-order valence-corrected chi connectivity index (χ2v) is 8.07. The van der Waals surface area contributed by atoms with Crippen molar-refractivity contribution in [3.05, 3.63) is 64.7 Å². The third-order valence-corrected chi connectivity index (χ3v) is 5.95. The summed E-state index contributed by atoms with van der Waals surface area (Å²) in [6.07, 6.45) is 0. The molecule has 1 saturated heterocycles. The SMILES string of the molecule is COc1ccc(-c2n[nH]c(=S)n2CC(=O)NCC(c2ccc(F)cc2)N2CCOCC2)cc1. The van der Waals surface area contributed by atoms with Gasteiger partial charge in [0.15, 0.2) is 10.6 Å². The molecule has 1 amide bonds. The highest BCUT2D eigenvalue weighted by molar-refractivity contribution is 7.71. The minimum absolute atomic E-state index is 0.0238. The molecule has 3 aromatic rings. The van der Waals surface area contributed by atoms with Crippen molar-refractivity contribution >= 4 is 18.1 Å². The third-order valence-electron chi connectivity index (χ3n) is 5.64. The predicted octanol–water partition coefficient (Wildman–Crippen LogP) is 2.95. The molecule has 0 bridgehead atoms. The van der Waals surface area contributed by atoms with Crippen molar-refractivity contribution in [2.45, 2.75) is 12.6 Å². The summed E-state index contributed by atoms with van der Waals surface area (Å²) in [7, 11) is 1.60. The Kier molecular flexibility index (Phi) is 7.48. The molecule has 1 atom stereocenters. The van der Waals surface area contributed by atoms with Crippen LogP contribution in [0.15, 0.2) is 48.5 Å². The highest BCUT2D eigenvalue weighted by Gasteiger charge is 2.23. The summed E-state index contributed by atoms with van der Waals surface area (Å²) in [5.41, 5.74) is 1.76. The van der Waals surface area contributed by atoms with Gasteiger partial charge in [-0.3, -0.25) is 19.4 Å². The maximum absolute atomic E-state index is 13.4. The fraction of sp³-hybridized carbons (Fsp3) is 0.348. The van der Waals surface area contributed by atoms with Gasteiger partial charge in [0.25, 0.3) is 0 Å². The lowest BCUT2D eigenvalue weighted by molar-refractivity contribution is -0.122. The van der Waals surface area contributed by atoms with Gasteiger partial charge in [0.1, 0.15) is 18.1 Å². The van der Waals surface area contributed by atoms with Crippen LogP contribution in [-0.2, 0) is 16.1 Å². The number of aromatic amines is 1. The van der Waals surface area contributed by atoms with E-state index in [4.69, 9.17) is 21.7 Å². The van der Waals surface area contributed by atoms with Crippen LogP contribution in [0.4, 0.5) is 4.39 Å². The number of nitrogens with one attached hydrogen (secondary N) is 2. The van der Waals surface area contributed by atoms with E-state index in [2.05, 4.69) is 20.4 Å². The molecular formula is C23H26FN5O3S. The zero-order valence-corrected chi connectivity index (χ0v) is 19.1. The molecule has 1 aromatic heterocycles. The van der Waals surface area contributed by atoms with Crippen molar-refractivity contribution in [2.75, 3.05) is 40.0 Å². The van der Waals surface area contributed by atoms with E-state index in [0.717, 1.165) is 30.0 Å². The Balaban J connectivity index is 1.47. The van der Waals surface area contributed by atoms with Gasteiger partial charge in [-0.15, -0.1) is 0 Å². The lowest BCUT2D eigenvalue weighted by atomic mass is 10.0. The summed E-state index contributed by atoms with van der Waals surface area (Å²) in [5, 5.41) is 10.1. The van der Waals surface area contributed by atoms with Crippen LogP contribution in [0.3, 0.4) is 0 Å². The topological polar surface area (TPSA) is 84.4 Å². The highest BCUT2D eigenvalue weighted by atomic mass is 32.1. The number of nitrogens with zero attached hydrogens (tertiary/aromatic N) is 3. The van der Waals surface area contributed by atoms with E-state index in [1.165, 1.54) is 12.1 Å². The van der Waals surface area contributed by atoms with Crippen molar-refractivity contribution in [1.29, 1.82) is 0 Å². The number of benzene rings is 2. The normalized spacial score (nSPS) is 15.2. The number of rotatable bonds is 8. The molecule has 10 heteroatoms. The van der Waals surface area contributed by atoms with Gasteiger partial charge in [-0.2, -0.15) is 5.10 Å². The second-order valence-electron chi connectivity index (χ2n) is 7.69. The molecule has 174 valence electrons. The first kappa shape index (κ1) is 23.1. The molecule has 0 spiro atoms. The van der Waals surface area contributed by atoms with Gasteiger partial charge in [0.2, 0.25) is 5.91 Å².